The van der Waals surface area contributed by atoms with E-state index in [1.807, 2.05) is 6.07 Å². The summed E-state index contributed by atoms with van der Waals surface area (Å²) < 4.78 is 26.4. The highest BCUT2D eigenvalue weighted by molar-refractivity contribution is 5.74. The molecule has 0 fully saturated rings. The van der Waals surface area contributed by atoms with Crippen molar-refractivity contribution < 1.29 is 8.78 Å². The van der Waals surface area contributed by atoms with Crippen LogP contribution in [0.3, 0.4) is 0 Å². The first kappa shape index (κ1) is 22.7. The molecule has 5 heteroatoms. The summed E-state index contributed by atoms with van der Waals surface area (Å²) >= 11 is 0. The largest absolute Gasteiger partial charge is 0.330 e. The lowest BCUT2D eigenvalue weighted by atomic mass is 9.96. The zero-order valence-corrected chi connectivity index (χ0v) is 16.8. The van der Waals surface area contributed by atoms with E-state index < -0.39 is 0 Å². The summed E-state index contributed by atoms with van der Waals surface area (Å²) in [6, 6.07) is 19.0. The van der Waals surface area contributed by atoms with Gasteiger partial charge in [0.05, 0.1) is 0 Å². The second-order valence-electron chi connectivity index (χ2n) is 6.69. The monoisotopic (exact) mass is 397 g/mol. The normalized spacial score (nSPS) is 10.4. The molecule has 0 amide bonds. The number of hydrogen-bond donors (Lipinski definition) is 3. The van der Waals surface area contributed by atoms with Gasteiger partial charge in [0, 0.05) is 19.6 Å². The van der Waals surface area contributed by atoms with Crippen molar-refractivity contribution in [3.05, 3.63) is 83.9 Å². The third-order valence-electron chi connectivity index (χ3n) is 4.29. The number of rotatable bonds is 7. The molecule has 3 nitrogen and oxygen atoms in total. The number of halogens is 2. The molecule has 0 atom stereocenters. The van der Waals surface area contributed by atoms with E-state index in [1.165, 1.54) is 24.3 Å². The van der Waals surface area contributed by atoms with Crippen molar-refractivity contribution in [2.45, 2.75) is 19.9 Å². The summed E-state index contributed by atoms with van der Waals surface area (Å²) in [7, 11) is 0. The van der Waals surface area contributed by atoms with Gasteiger partial charge in [-0.2, -0.15) is 0 Å². The number of nitrogens with one attached hydrogen (secondary N) is 1. The second-order valence-corrected chi connectivity index (χ2v) is 6.69. The molecule has 0 aliphatic heterocycles. The molecule has 0 spiro atoms. The maximum atomic E-state index is 13.2. The quantitative estimate of drug-likeness (QED) is 0.506. The van der Waals surface area contributed by atoms with Crippen molar-refractivity contribution in [3.8, 4) is 22.3 Å². The lowest BCUT2D eigenvalue weighted by molar-refractivity contribution is 0.627. The second kappa shape index (κ2) is 12.1. The third kappa shape index (κ3) is 7.38. The van der Waals surface area contributed by atoms with Gasteiger partial charge in [0.2, 0.25) is 0 Å². The smallest absolute Gasteiger partial charge is 0.123 e. The Morgan fingerprint density at radius 2 is 1.14 bits per heavy atom. The van der Waals surface area contributed by atoms with Gasteiger partial charge in [-0.15, -0.1) is 0 Å². The van der Waals surface area contributed by atoms with E-state index in [-0.39, 0.29) is 11.6 Å². The van der Waals surface area contributed by atoms with Gasteiger partial charge >= 0.3 is 0 Å². The Labute approximate surface area is 171 Å². The van der Waals surface area contributed by atoms with Gasteiger partial charge in [-0.1, -0.05) is 31.2 Å². The van der Waals surface area contributed by atoms with Crippen LogP contribution >= 0.6 is 0 Å². The molecular weight excluding hydrogens is 368 g/mol. The summed E-state index contributed by atoms with van der Waals surface area (Å²) in [6.45, 7) is 4.86. The van der Waals surface area contributed by atoms with Crippen LogP contribution in [-0.2, 0) is 6.54 Å². The van der Waals surface area contributed by atoms with Crippen LogP contribution in [0.5, 0.6) is 0 Å². The molecule has 0 saturated carbocycles. The summed E-state index contributed by atoms with van der Waals surface area (Å²) in [5.74, 6) is -0.522. The summed E-state index contributed by atoms with van der Waals surface area (Å²) in [5, 5.41) is 3.28. The molecule has 0 aliphatic rings. The molecule has 0 aromatic heterocycles. The molecule has 0 heterocycles. The summed E-state index contributed by atoms with van der Waals surface area (Å²) in [5.41, 5.74) is 15.5. The van der Waals surface area contributed by atoms with Crippen LogP contribution in [0.4, 0.5) is 8.78 Å². The number of benzene rings is 3. The third-order valence-corrected chi connectivity index (χ3v) is 4.29. The molecule has 5 N–H and O–H groups in total. The number of hydrogen-bond acceptors (Lipinski definition) is 3. The van der Waals surface area contributed by atoms with Gasteiger partial charge in [0.1, 0.15) is 11.6 Å². The molecule has 3 rings (SSSR count). The lowest BCUT2D eigenvalue weighted by Crippen LogP contribution is -2.21. The zero-order chi connectivity index (χ0) is 21.1. The minimum Gasteiger partial charge on any atom is -0.330 e. The fraction of sp³-hybridized carbons (Fsp3) is 0.250. The van der Waals surface area contributed by atoms with Crippen LogP contribution in [0.25, 0.3) is 22.3 Å². The molecule has 3 aromatic carbocycles. The predicted molar refractivity (Wildman–Crippen MR) is 117 cm³/mol. The average Bonchev–Trinajstić information content (AvgIpc) is 2.75. The first-order chi connectivity index (χ1) is 14.1. The Hall–Kier alpha value is -2.60. The molecule has 0 saturated heterocycles. The maximum Gasteiger partial charge on any atom is 0.123 e. The van der Waals surface area contributed by atoms with Crippen molar-refractivity contribution in [1.29, 1.82) is 0 Å². The van der Waals surface area contributed by atoms with Crippen LogP contribution in [0.15, 0.2) is 66.7 Å². The Kier molecular flexibility index (Phi) is 9.44. The van der Waals surface area contributed by atoms with Crippen LogP contribution in [-0.4, -0.2) is 19.6 Å². The van der Waals surface area contributed by atoms with Gasteiger partial charge in [0.15, 0.2) is 0 Å². The van der Waals surface area contributed by atoms with Crippen molar-refractivity contribution >= 4 is 0 Å². The average molecular weight is 398 g/mol. The van der Waals surface area contributed by atoms with E-state index in [0.717, 1.165) is 47.3 Å². The van der Waals surface area contributed by atoms with E-state index in [9.17, 15) is 8.78 Å². The highest BCUT2D eigenvalue weighted by Crippen LogP contribution is 2.28. The minimum atomic E-state index is -0.261. The van der Waals surface area contributed by atoms with Crippen LogP contribution in [0.1, 0.15) is 18.9 Å². The predicted octanol–water partition coefficient (Wildman–Crippen LogP) is 4.70. The summed E-state index contributed by atoms with van der Waals surface area (Å²) in [6.07, 6.45) is 1.10. The van der Waals surface area contributed by atoms with Gasteiger partial charge < -0.3 is 16.8 Å². The Morgan fingerprint density at radius 3 is 1.52 bits per heavy atom. The van der Waals surface area contributed by atoms with E-state index in [2.05, 4.69) is 24.4 Å². The van der Waals surface area contributed by atoms with E-state index >= 15 is 0 Å². The number of nitrogens with two attached hydrogens (primary N) is 2. The SMILES string of the molecule is CCCN.NCCNCc1cc(-c2ccc(F)cc2)cc(-c2ccc(F)cc2)c1. The first-order valence-corrected chi connectivity index (χ1v) is 9.84. The molecule has 0 unspecified atom stereocenters. The fourth-order valence-corrected chi connectivity index (χ4v) is 2.75. The Morgan fingerprint density at radius 1 is 0.690 bits per heavy atom. The zero-order valence-electron chi connectivity index (χ0n) is 16.8. The van der Waals surface area contributed by atoms with Crippen LogP contribution in [0.2, 0.25) is 0 Å². The molecule has 0 bridgehead atoms. The molecule has 3 aromatic rings. The first-order valence-electron chi connectivity index (χ1n) is 9.84. The van der Waals surface area contributed by atoms with Gasteiger partial charge in [-0.25, -0.2) is 8.78 Å². The molecular formula is C24H29F2N3. The van der Waals surface area contributed by atoms with E-state index in [4.69, 9.17) is 11.5 Å². The Balaban J connectivity index is 0.000000687. The highest BCUT2D eigenvalue weighted by Gasteiger charge is 2.06. The lowest BCUT2D eigenvalue weighted by Gasteiger charge is -2.11. The van der Waals surface area contributed by atoms with Crippen LogP contribution in [0, 0.1) is 11.6 Å². The van der Waals surface area contributed by atoms with E-state index in [0.29, 0.717) is 13.1 Å². The topological polar surface area (TPSA) is 64.1 Å². The van der Waals surface area contributed by atoms with Crippen molar-refractivity contribution in [1.82, 2.24) is 5.32 Å². The van der Waals surface area contributed by atoms with Crippen molar-refractivity contribution in [3.63, 3.8) is 0 Å². The summed E-state index contributed by atoms with van der Waals surface area (Å²) in [4.78, 5) is 0. The molecule has 0 aliphatic carbocycles. The molecule has 154 valence electrons. The highest BCUT2D eigenvalue weighted by atomic mass is 19.1. The standard InChI is InChI=1S/C21H20F2N2.C3H9N/c22-20-5-1-16(2-6-20)18-11-15(14-25-10-9-24)12-19(13-18)17-3-7-21(23)8-4-17;1-2-3-4/h1-8,11-13,25H,9-10,14,24H2;2-4H2,1H3. The molecule has 0 radical (unpaired) electrons. The van der Waals surface area contributed by atoms with Crippen molar-refractivity contribution in [2.75, 3.05) is 19.6 Å². The minimum absolute atomic E-state index is 0.261. The molecule has 29 heavy (non-hydrogen) atoms. The van der Waals surface area contributed by atoms with E-state index in [1.54, 1.807) is 24.3 Å². The van der Waals surface area contributed by atoms with Gasteiger partial charge in [-0.05, 0) is 83.2 Å². The Bertz CT molecular complexity index is 797. The van der Waals surface area contributed by atoms with Crippen LogP contribution < -0.4 is 16.8 Å². The fourth-order valence-electron chi connectivity index (χ4n) is 2.75. The maximum absolute atomic E-state index is 13.2. The van der Waals surface area contributed by atoms with Gasteiger partial charge in [0.25, 0.3) is 0 Å². The van der Waals surface area contributed by atoms with Crippen molar-refractivity contribution in [2.24, 2.45) is 11.5 Å². The van der Waals surface area contributed by atoms with Gasteiger partial charge in [-0.3, -0.25) is 0 Å².